The second kappa shape index (κ2) is 6.69. The third-order valence-electron chi connectivity index (χ3n) is 2.88. The fraction of sp³-hybridized carbons (Fsp3) is 0.769. The largest absolute Gasteiger partial charge is 0.332 e. The van der Waals surface area contributed by atoms with Crippen LogP contribution in [0.3, 0.4) is 0 Å². The van der Waals surface area contributed by atoms with Gasteiger partial charge in [-0.1, -0.05) is 6.92 Å². The Bertz CT molecular complexity index is 291. The van der Waals surface area contributed by atoms with E-state index in [2.05, 4.69) is 42.6 Å². The lowest BCUT2D eigenvalue weighted by Crippen LogP contribution is -2.27. The summed E-state index contributed by atoms with van der Waals surface area (Å²) < 4.78 is 2.26. The molecule has 0 aromatic carbocycles. The van der Waals surface area contributed by atoms with Crippen LogP contribution in [0.4, 0.5) is 0 Å². The second-order valence-electron chi connectivity index (χ2n) is 4.78. The van der Waals surface area contributed by atoms with Crippen LogP contribution in [0, 0.1) is 0 Å². The molecule has 0 aliphatic carbocycles. The van der Waals surface area contributed by atoms with Crippen molar-refractivity contribution >= 4 is 0 Å². The first-order chi connectivity index (χ1) is 7.65. The topological polar surface area (TPSA) is 29.9 Å². The van der Waals surface area contributed by atoms with Gasteiger partial charge in [0.25, 0.3) is 0 Å². The standard InChI is InChI=1S/C13H25N3/c1-5-8-15-12(4)6-7-13-9-14-10-16(13)11(2)3/h9-12,15H,5-8H2,1-4H3. The zero-order valence-electron chi connectivity index (χ0n) is 11.0. The monoisotopic (exact) mass is 223 g/mol. The SMILES string of the molecule is CCCNC(C)CCc1cncn1C(C)C. The number of nitrogens with one attached hydrogen (secondary N) is 1. The highest BCUT2D eigenvalue weighted by molar-refractivity contribution is 5.00. The van der Waals surface area contributed by atoms with Crippen molar-refractivity contribution in [2.75, 3.05) is 6.54 Å². The molecule has 1 rings (SSSR count). The van der Waals surface area contributed by atoms with Crippen molar-refractivity contribution in [3.05, 3.63) is 18.2 Å². The van der Waals surface area contributed by atoms with Crippen molar-refractivity contribution in [3.63, 3.8) is 0 Å². The number of hydrogen-bond acceptors (Lipinski definition) is 2. The molecule has 92 valence electrons. The van der Waals surface area contributed by atoms with Gasteiger partial charge in [0.2, 0.25) is 0 Å². The minimum Gasteiger partial charge on any atom is -0.332 e. The summed E-state index contributed by atoms with van der Waals surface area (Å²) in [5.41, 5.74) is 1.35. The minimum atomic E-state index is 0.511. The summed E-state index contributed by atoms with van der Waals surface area (Å²) in [6.45, 7) is 9.97. The average Bonchev–Trinajstić information content (AvgIpc) is 2.71. The summed E-state index contributed by atoms with van der Waals surface area (Å²) in [6, 6.07) is 1.10. The van der Waals surface area contributed by atoms with Gasteiger partial charge in [-0.05, 0) is 46.6 Å². The predicted molar refractivity (Wildman–Crippen MR) is 68.7 cm³/mol. The van der Waals surface area contributed by atoms with Crippen LogP contribution in [0.2, 0.25) is 0 Å². The zero-order valence-corrected chi connectivity index (χ0v) is 11.0. The highest BCUT2D eigenvalue weighted by Gasteiger charge is 2.07. The van der Waals surface area contributed by atoms with E-state index in [9.17, 15) is 0 Å². The maximum absolute atomic E-state index is 4.23. The predicted octanol–water partition coefficient (Wildman–Crippen LogP) is 2.78. The Labute approximate surface area is 99.3 Å². The lowest BCUT2D eigenvalue weighted by atomic mass is 10.1. The quantitative estimate of drug-likeness (QED) is 0.770. The lowest BCUT2D eigenvalue weighted by molar-refractivity contribution is 0.496. The molecule has 0 amide bonds. The van der Waals surface area contributed by atoms with E-state index in [1.165, 1.54) is 18.5 Å². The van der Waals surface area contributed by atoms with Gasteiger partial charge < -0.3 is 9.88 Å². The number of hydrogen-bond donors (Lipinski definition) is 1. The molecule has 1 aromatic heterocycles. The summed E-state index contributed by atoms with van der Waals surface area (Å²) >= 11 is 0. The molecule has 0 bridgehead atoms. The second-order valence-corrected chi connectivity index (χ2v) is 4.78. The van der Waals surface area contributed by atoms with Crippen molar-refractivity contribution < 1.29 is 0 Å². The highest BCUT2D eigenvalue weighted by atomic mass is 15.1. The maximum atomic E-state index is 4.23. The van der Waals surface area contributed by atoms with E-state index < -0.39 is 0 Å². The van der Waals surface area contributed by atoms with Crippen molar-refractivity contribution in [2.24, 2.45) is 0 Å². The molecule has 0 spiro atoms. The fourth-order valence-electron chi connectivity index (χ4n) is 1.85. The Morgan fingerprint density at radius 1 is 1.38 bits per heavy atom. The molecule has 0 radical (unpaired) electrons. The van der Waals surface area contributed by atoms with Crippen LogP contribution >= 0.6 is 0 Å². The molecular formula is C13H25N3. The zero-order chi connectivity index (χ0) is 12.0. The summed E-state index contributed by atoms with van der Waals surface area (Å²) in [6.07, 6.45) is 7.42. The number of aryl methyl sites for hydroxylation is 1. The molecule has 1 N–H and O–H groups in total. The molecule has 0 saturated carbocycles. The third kappa shape index (κ3) is 3.97. The summed E-state index contributed by atoms with van der Waals surface area (Å²) in [5.74, 6) is 0. The Balaban J connectivity index is 2.39. The van der Waals surface area contributed by atoms with Gasteiger partial charge in [0.15, 0.2) is 0 Å². The van der Waals surface area contributed by atoms with Crippen LogP contribution in [0.1, 0.15) is 52.3 Å². The molecule has 0 aliphatic rings. The summed E-state index contributed by atoms with van der Waals surface area (Å²) in [7, 11) is 0. The van der Waals surface area contributed by atoms with Gasteiger partial charge in [-0.2, -0.15) is 0 Å². The van der Waals surface area contributed by atoms with Gasteiger partial charge in [0.05, 0.1) is 6.33 Å². The van der Waals surface area contributed by atoms with Gasteiger partial charge in [-0.3, -0.25) is 0 Å². The first-order valence-corrected chi connectivity index (χ1v) is 6.39. The molecule has 1 atom stereocenters. The first kappa shape index (κ1) is 13.2. The average molecular weight is 223 g/mol. The van der Waals surface area contributed by atoms with Crippen molar-refractivity contribution in [3.8, 4) is 0 Å². The van der Waals surface area contributed by atoms with Crippen LogP contribution in [0.15, 0.2) is 12.5 Å². The molecule has 0 aliphatic heterocycles. The molecule has 16 heavy (non-hydrogen) atoms. The normalized spacial score (nSPS) is 13.3. The maximum Gasteiger partial charge on any atom is 0.0950 e. The Morgan fingerprint density at radius 2 is 2.12 bits per heavy atom. The van der Waals surface area contributed by atoms with E-state index in [4.69, 9.17) is 0 Å². The van der Waals surface area contributed by atoms with Gasteiger partial charge in [0, 0.05) is 24.0 Å². The van der Waals surface area contributed by atoms with Crippen LogP contribution in [-0.2, 0) is 6.42 Å². The molecule has 1 heterocycles. The van der Waals surface area contributed by atoms with Gasteiger partial charge >= 0.3 is 0 Å². The number of imidazole rings is 1. The molecule has 0 fully saturated rings. The van der Waals surface area contributed by atoms with E-state index in [1.807, 2.05) is 12.5 Å². The number of rotatable bonds is 7. The van der Waals surface area contributed by atoms with E-state index in [0.717, 1.165) is 13.0 Å². The van der Waals surface area contributed by atoms with Gasteiger partial charge in [-0.15, -0.1) is 0 Å². The minimum absolute atomic E-state index is 0.511. The smallest absolute Gasteiger partial charge is 0.0950 e. The molecule has 1 aromatic rings. The van der Waals surface area contributed by atoms with Crippen LogP contribution in [-0.4, -0.2) is 22.1 Å². The summed E-state index contributed by atoms with van der Waals surface area (Å²) in [5, 5.41) is 3.51. The fourth-order valence-corrected chi connectivity index (χ4v) is 1.85. The van der Waals surface area contributed by atoms with Gasteiger partial charge in [-0.25, -0.2) is 4.98 Å². The van der Waals surface area contributed by atoms with Crippen molar-refractivity contribution in [1.29, 1.82) is 0 Å². The van der Waals surface area contributed by atoms with E-state index in [-0.39, 0.29) is 0 Å². The molecular weight excluding hydrogens is 198 g/mol. The van der Waals surface area contributed by atoms with Crippen molar-refractivity contribution in [1.82, 2.24) is 14.9 Å². The molecule has 0 saturated heterocycles. The van der Waals surface area contributed by atoms with Crippen molar-refractivity contribution in [2.45, 2.75) is 59.0 Å². The molecule has 3 nitrogen and oxygen atoms in total. The summed E-state index contributed by atoms with van der Waals surface area (Å²) in [4.78, 5) is 4.23. The molecule has 1 unspecified atom stereocenters. The number of nitrogens with zero attached hydrogens (tertiary/aromatic N) is 2. The molecule has 3 heteroatoms. The van der Waals surface area contributed by atoms with E-state index >= 15 is 0 Å². The van der Waals surface area contributed by atoms with Crippen LogP contribution in [0.25, 0.3) is 0 Å². The first-order valence-electron chi connectivity index (χ1n) is 6.39. The Kier molecular flexibility index (Phi) is 5.53. The number of aromatic nitrogens is 2. The Morgan fingerprint density at radius 3 is 2.75 bits per heavy atom. The Hall–Kier alpha value is -0.830. The third-order valence-corrected chi connectivity index (χ3v) is 2.88. The van der Waals surface area contributed by atoms with Crippen LogP contribution < -0.4 is 5.32 Å². The highest BCUT2D eigenvalue weighted by Crippen LogP contribution is 2.11. The van der Waals surface area contributed by atoms with E-state index in [1.54, 1.807) is 0 Å². The van der Waals surface area contributed by atoms with Gasteiger partial charge in [0.1, 0.15) is 0 Å². The van der Waals surface area contributed by atoms with Crippen LogP contribution in [0.5, 0.6) is 0 Å². The lowest BCUT2D eigenvalue weighted by Gasteiger charge is -2.15. The van der Waals surface area contributed by atoms with E-state index in [0.29, 0.717) is 12.1 Å².